The summed E-state index contributed by atoms with van der Waals surface area (Å²) in [5.41, 5.74) is -0.509. The maximum absolute atomic E-state index is 12.7. The lowest BCUT2D eigenvalue weighted by Crippen LogP contribution is -2.19. The number of ether oxygens (including phenoxy) is 2. The number of alkyl halides is 2. The molecule has 0 spiro atoms. The fourth-order valence-corrected chi connectivity index (χ4v) is 4.05. The number of nitrogens with zero attached hydrogens (tertiary/aromatic N) is 1. The van der Waals surface area contributed by atoms with Gasteiger partial charge in [0.05, 0.1) is 21.6 Å². The summed E-state index contributed by atoms with van der Waals surface area (Å²) in [6.45, 7) is -2.16. The van der Waals surface area contributed by atoms with Gasteiger partial charge in [-0.05, 0) is 37.1 Å². The first-order chi connectivity index (χ1) is 14.3. The molecule has 9 nitrogen and oxygen atoms in total. The summed E-state index contributed by atoms with van der Waals surface area (Å²) >= 11 is 0. The van der Waals surface area contributed by atoms with Crippen molar-refractivity contribution in [2.75, 3.05) is 23.2 Å². The number of hydrogen-bond donors (Lipinski definition) is 2. The molecule has 3 rings (SSSR count). The van der Waals surface area contributed by atoms with Gasteiger partial charge in [-0.3, -0.25) is 14.8 Å². The molecule has 1 saturated heterocycles. The molecule has 1 unspecified atom stereocenters. The molecule has 0 saturated carbocycles. The van der Waals surface area contributed by atoms with Crippen molar-refractivity contribution in [2.24, 2.45) is 0 Å². The Hall–Kier alpha value is -2.99. The van der Waals surface area contributed by atoms with Gasteiger partial charge in [-0.25, -0.2) is 8.42 Å². The van der Waals surface area contributed by atoms with E-state index in [0.717, 1.165) is 18.9 Å². The summed E-state index contributed by atoms with van der Waals surface area (Å²) < 4.78 is 62.3. The molecule has 1 atom stereocenters. The number of halogens is 2. The van der Waals surface area contributed by atoms with Crippen LogP contribution >= 0.6 is 0 Å². The van der Waals surface area contributed by atoms with E-state index in [1.165, 1.54) is 36.4 Å². The quantitative estimate of drug-likeness (QED) is 0.449. The number of nitro groups is 1. The van der Waals surface area contributed by atoms with Crippen LogP contribution in [0.1, 0.15) is 12.8 Å². The number of para-hydroxylation sites is 2. The zero-order chi connectivity index (χ0) is 21.7. The minimum Gasteiger partial charge on any atom is -0.433 e. The Kier molecular flexibility index (Phi) is 6.67. The van der Waals surface area contributed by atoms with Gasteiger partial charge in [0.25, 0.3) is 15.7 Å². The molecule has 30 heavy (non-hydrogen) atoms. The largest absolute Gasteiger partial charge is 0.433 e. The summed E-state index contributed by atoms with van der Waals surface area (Å²) in [4.78, 5) is 10.3. The molecule has 1 heterocycles. The number of rotatable bonds is 9. The Balaban J connectivity index is 1.83. The Labute approximate surface area is 171 Å². The first-order valence-corrected chi connectivity index (χ1v) is 10.4. The Morgan fingerprint density at radius 2 is 2.00 bits per heavy atom. The van der Waals surface area contributed by atoms with Crippen molar-refractivity contribution in [2.45, 2.75) is 30.5 Å². The third-order valence-corrected chi connectivity index (χ3v) is 5.73. The van der Waals surface area contributed by atoms with E-state index < -0.39 is 32.1 Å². The van der Waals surface area contributed by atoms with Gasteiger partial charge in [-0.15, -0.1) is 0 Å². The van der Waals surface area contributed by atoms with E-state index in [2.05, 4.69) is 14.8 Å². The smallest absolute Gasteiger partial charge is 0.387 e. The lowest BCUT2D eigenvalue weighted by atomic mass is 10.2. The number of anilines is 2. The second-order valence-corrected chi connectivity index (χ2v) is 8.11. The third kappa shape index (κ3) is 5.33. The van der Waals surface area contributed by atoms with Gasteiger partial charge in [0.1, 0.15) is 11.4 Å². The van der Waals surface area contributed by atoms with Crippen LogP contribution in [-0.2, 0) is 14.8 Å². The van der Waals surface area contributed by atoms with E-state index >= 15 is 0 Å². The number of benzene rings is 2. The predicted molar refractivity (Wildman–Crippen MR) is 104 cm³/mol. The highest BCUT2D eigenvalue weighted by atomic mass is 32.2. The van der Waals surface area contributed by atoms with Crippen LogP contribution in [0.3, 0.4) is 0 Å². The maximum atomic E-state index is 12.7. The Bertz CT molecular complexity index is 1010. The molecule has 0 amide bonds. The molecule has 1 fully saturated rings. The molecule has 1 aliphatic heterocycles. The van der Waals surface area contributed by atoms with Crippen molar-refractivity contribution in [1.82, 2.24) is 0 Å². The molecule has 162 valence electrons. The summed E-state index contributed by atoms with van der Waals surface area (Å²) in [5.74, 6) is -0.375. The second kappa shape index (κ2) is 9.22. The van der Waals surface area contributed by atoms with Crippen LogP contribution in [0, 0.1) is 10.1 Å². The zero-order valence-electron chi connectivity index (χ0n) is 15.6. The third-order valence-electron chi connectivity index (χ3n) is 4.37. The van der Waals surface area contributed by atoms with Crippen molar-refractivity contribution >= 4 is 27.1 Å². The zero-order valence-corrected chi connectivity index (χ0v) is 16.4. The van der Waals surface area contributed by atoms with E-state index in [1.54, 1.807) is 0 Å². The SMILES string of the molecule is O=[N+]([O-])c1cc(S(=O)(=O)Nc2ccccc2OC(F)F)ccc1NCC1CCCO1. The molecule has 2 N–H and O–H groups in total. The lowest BCUT2D eigenvalue weighted by molar-refractivity contribution is -0.384. The van der Waals surface area contributed by atoms with E-state index in [9.17, 15) is 27.3 Å². The van der Waals surface area contributed by atoms with Crippen molar-refractivity contribution in [3.05, 3.63) is 52.6 Å². The molecule has 12 heteroatoms. The van der Waals surface area contributed by atoms with Crippen molar-refractivity contribution < 1.29 is 31.6 Å². The van der Waals surface area contributed by atoms with E-state index in [1.807, 2.05) is 0 Å². The van der Waals surface area contributed by atoms with Gasteiger partial charge >= 0.3 is 6.61 Å². The molecular formula is C18H19F2N3O6S. The second-order valence-electron chi connectivity index (χ2n) is 6.43. The fourth-order valence-electron chi connectivity index (χ4n) is 2.96. The van der Waals surface area contributed by atoms with E-state index in [0.29, 0.717) is 13.2 Å². The molecule has 0 radical (unpaired) electrons. The Morgan fingerprint density at radius 1 is 1.23 bits per heavy atom. The van der Waals surface area contributed by atoms with Crippen LogP contribution in [0.4, 0.5) is 25.8 Å². The van der Waals surface area contributed by atoms with E-state index in [4.69, 9.17) is 4.74 Å². The van der Waals surface area contributed by atoms with Crippen LogP contribution in [-0.4, -0.2) is 39.2 Å². The van der Waals surface area contributed by atoms with Crippen LogP contribution in [0.5, 0.6) is 5.75 Å². The highest BCUT2D eigenvalue weighted by molar-refractivity contribution is 7.92. The molecule has 0 aliphatic carbocycles. The van der Waals surface area contributed by atoms with Crippen molar-refractivity contribution in [1.29, 1.82) is 0 Å². The number of sulfonamides is 1. The van der Waals surface area contributed by atoms with Crippen LogP contribution in [0.15, 0.2) is 47.4 Å². The summed E-state index contributed by atoms with van der Waals surface area (Å²) in [6.07, 6.45) is 1.67. The summed E-state index contributed by atoms with van der Waals surface area (Å²) in [6, 6.07) is 8.60. The van der Waals surface area contributed by atoms with Gasteiger partial charge in [0, 0.05) is 19.2 Å². The number of hydrogen-bond acceptors (Lipinski definition) is 7. The van der Waals surface area contributed by atoms with Crippen LogP contribution < -0.4 is 14.8 Å². The molecule has 2 aromatic carbocycles. The predicted octanol–water partition coefficient (Wildman–Crippen LogP) is 3.59. The fraction of sp³-hybridized carbons (Fsp3) is 0.333. The number of nitro benzene ring substituents is 1. The van der Waals surface area contributed by atoms with E-state index in [-0.39, 0.29) is 23.2 Å². The van der Waals surface area contributed by atoms with Crippen molar-refractivity contribution in [3.63, 3.8) is 0 Å². The lowest BCUT2D eigenvalue weighted by Gasteiger charge is -2.14. The average molecular weight is 443 g/mol. The summed E-state index contributed by atoms with van der Waals surface area (Å²) in [7, 11) is -4.31. The first kappa shape index (κ1) is 21.7. The summed E-state index contributed by atoms with van der Waals surface area (Å²) in [5, 5.41) is 14.4. The van der Waals surface area contributed by atoms with Gasteiger partial charge in [0.2, 0.25) is 0 Å². The van der Waals surface area contributed by atoms with Crippen molar-refractivity contribution in [3.8, 4) is 5.75 Å². The molecule has 0 aromatic heterocycles. The highest BCUT2D eigenvalue weighted by Gasteiger charge is 2.24. The minimum absolute atomic E-state index is 0.0685. The maximum Gasteiger partial charge on any atom is 0.387 e. The topological polar surface area (TPSA) is 120 Å². The monoisotopic (exact) mass is 443 g/mol. The molecule has 1 aliphatic rings. The van der Waals surface area contributed by atoms with Gasteiger partial charge in [0.15, 0.2) is 0 Å². The van der Waals surface area contributed by atoms with Crippen LogP contribution in [0.2, 0.25) is 0 Å². The molecular weight excluding hydrogens is 424 g/mol. The van der Waals surface area contributed by atoms with Gasteiger partial charge in [-0.2, -0.15) is 8.78 Å². The van der Waals surface area contributed by atoms with Gasteiger partial charge < -0.3 is 14.8 Å². The molecule has 0 bridgehead atoms. The number of nitrogens with one attached hydrogen (secondary N) is 2. The highest BCUT2D eigenvalue weighted by Crippen LogP contribution is 2.31. The normalized spacial score (nSPS) is 16.4. The minimum atomic E-state index is -4.31. The molecule has 2 aromatic rings. The van der Waals surface area contributed by atoms with Crippen LogP contribution in [0.25, 0.3) is 0 Å². The van der Waals surface area contributed by atoms with Gasteiger partial charge in [-0.1, -0.05) is 12.1 Å². The average Bonchev–Trinajstić information content (AvgIpc) is 3.20. The first-order valence-electron chi connectivity index (χ1n) is 8.97. The Morgan fingerprint density at radius 3 is 2.67 bits per heavy atom. The standard InChI is InChI=1S/C18H19F2N3O6S/c19-18(20)29-17-6-2-1-5-15(17)22-30(26,27)13-7-8-14(16(10-13)23(24)25)21-11-12-4-3-9-28-12/h1-2,5-8,10,12,18,21-22H,3-4,9,11H2.